The van der Waals surface area contributed by atoms with Crippen LogP contribution in [0.3, 0.4) is 0 Å². The summed E-state index contributed by atoms with van der Waals surface area (Å²) >= 11 is 0. The Morgan fingerprint density at radius 3 is 2.16 bits per heavy atom. The van der Waals surface area contributed by atoms with Gasteiger partial charge in [0, 0.05) is 25.7 Å². The lowest BCUT2D eigenvalue weighted by Gasteiger charge is -2.44. The minimum absolute atomic E-state index is 0.527. The molecule has 1 atom stereocenters. The summed E-state index contributed by atoms with van der Waals surface area (Å²) in [5.41, 5.74) is 0.611. The Balaban J connectivity index is 2.49. The second kappa shape index (κ2) is 8.23. The molecule has 1 saturated heterocycles. The summed E-state index contributed by atoms with van der Waals surface area (Å²) in [6.07, 6.45) is 5.36. The van der Waals surface area contributed by atoms with Gasteiger partial charge in [0.05, 0.1) is 6.61 Å². The molecule has 1 N–H and O–H groups in total. The SMILES string of the molecule is CCC1(CC)CCN(C(CNC(C)C)COC)CC1. The number of hydrogen-bond acceptors (Lipinski definition) is 3. The smallest absolute Gasteiger partial charge is 0.0630 e. The molecule has 0 radical (unpaired) electrons. The standard InChI is InChI=1S/C16H34N2O/c1-6-16(7-2)8-10-18(11-9-16)15(13-19-5)12-17-14(3)4/h14-15,17H,6-13H2,1-5H3. The molecule has 1 heterocycles. The van der Waals surface area contributed by atoms with Crippen LogP contribution < -0.4 is 5.32 Å². The van der Waals surface area contributed by atoms with E-state index in [0.29, 0.717) is 17.5 Å². The molecular formula is C16H34N2O. The third-order valence-electron chi connectivity index (χ3n) is 5.00. The Morgan fingerprint density at radius 1 is 1.16 bits per heavy atom. The van der Waals surface area contributed by atoms with Gasteiger partial charge in [0.25, 0.3) is 0 Å². The molecule has 0 aromatic rings. The van der Waals surface area contributed by atoms with Crippen LogP contribution in [0.5, 0.6) is 0 Å². The van der Waals surface area contributed by atoms with Crippen LogP contribution in [-0.4, -0.2) is 50.3 Å². The maximum atomic E-state index is 5.41. The molecule has 0 spiro atoms. The van der Waals surface area contributed by atoms with Crippen LogP contribution in [0.4, 0.5) is 0 Å². The van der Waals surface area contributed by atoms with Crippen LogP contribution in [-0.2, 0) is 4.74 Å². The number of likely N-dealkylation sites (tertiary alicyclic amines) is 1. The van der Waals surface area contributed by atoms with Crippen molar-refractivity contribution in [1.82, 2.24) is 10.2 Å². The first kappa shape index (κ1) is 16.9. The van der Waals surface area contributed by atoms with Crippen LogP contribution in [0.25, 0.3) is 0 Å². The van der Waals surface area contributed by atoms with E-state index in [9.17, 15) is 0 Å². The van der Waals surface area contributed by atoms with Gasteiger partial charge < -0.3 is 10.1 Å². The number of rotatable bonds is 8. The Hall–Kier alpha value is -0.120. The topological polar surface area (TPSA) is 24.5 Å². The van der Waals surface area contributed by atoms with E-state index in [1.54, 1.807) is 0 Å². The van der Waals surface area contributed by atoms with E-state index in [2.05, 4.69) is 37.9 Å². The van der Waals surface area contributed by atoms with Gasteiger partial charge in [-0.3, -0.25) is 4.90 Å². The van der Waals surface area contributed by atoms with Crippen molar-refractivity contribution in [3.8, 4) is 0 Å². The molecular weight excluding hydrogens is 236 g/mol. The van der Waals surface area contributed by atoms with E-state index in [1.807, 2.05) is 7.11 Å². The lowest BCUT2D eigenvalue weighted by Crippen LogP contribution is -2.51. The molecule has 0 bridgehead atoms. The fraction of sp³-hybridized carbons (Fsp3) is 1.00. The highest BCUT2D eigenvalue weighted by Gasteiger charge is 2.33. The van der Waals surface area contributed by atoms with Crippen LogP contribution in [0.2, 0.25) is 0 Å². The molecule has 1 fully saturated rings. The zero-order valence-electron chi connectivity index (χ0n) is 13.7. The maximum absolute atomic E-state index is 5.41. The largest absolute Gasteiger partial charge is 0.383 e. The fourth-order valence-electron chi connectivity index (χ4n) is 3.18. The zero-order valence-corrected chi connectivity index (χ0v) is 13.7. The van der Waals surface area contributed by atoms with Crippen LogP contribution in [0, 0.1) is 5.41 Å². The van der Waals surface area contributed by atoms with Crippen molar-refractivity contribution in [3.05, 3.63) is 0 Å². The molecule has 3 heteroatoms. The van der Waals surface area contributed by atoms with Gasteiger partial charge in [-0.1, -0.05) is 40.5 Å². The Bertz CT molecular complexity index is 229. The molecule has 1 aliphatic heterocycles. The Morgan fingerprint density at radius 2 is 1.74 bits per heavy atom. The van der Waals surface area contributed by atoms with Crippen molar-refractivity contribution >= 4 is 0 Å². The zero-order chi connectivity index (χ0) is 14.3. The summed E-state index contributed by atoms with van der Waals surface area (Å²) in [4.78, 5) is 2.63. The molecule has 0 amide bonds. The third-order valence-corrected chi connectivity index (χ3v) is 5.00. The molecule has 1 aliphatic rings. The number of ether oxygens (including phenoxy) is 1. The summed E-state index contributed by atoms with van der Waals surface area (Å²) < 4.78 is 5.41. The third kappa shape index (κ3) is 5.05. The average Bonchev–Trinajstić information content (AvgIpc) is 2.43. The van der Waals surface area contributed by atoms with E-state index >= 15 is 0 Å². The fourth-order valence-corrected chi connectivity index (χ4v) is 3.18. The molecule has 0 aliphatic carbocycles. The quantitative estimate of drug-likeness (QED) is 0.734. The number of hydrogen-bond donors (Lipinski definition) is 1. The first-order valence-corrected chi connectivity index (χ1v) is 8.03. The molecule has 0 aromatic heterocycles. The van der Waals surface area contributed by atoms with Crippen molar-refractivity contribution in [1.29, 1.82) is 0 Å². The number of nitrogens with one attached hydrogen (secondary N) is 1. The van der Waals surface area contributed by atoms with Gasteiger partial charge in [0.15, 0.2) is 0 Å². The van der Waals surface area contributed by atoms with Gasteiger partial charge in [0.1, 0.15) is 0 Å². The predicted octanol–water partition coefficient (Wildman–Crippen LogP) is 2.90. The highest BCUT2D eigenvalue weighted by molar-refractivity contribution is 4.87. The average molecular weight is 270 g/mol. The van der Waals surface area contributed by atoms with Crippen LogP contribution in [0.1, 0.15) is 53.4 Å². The first-order chi connectivity index (χ1) is 9.06. The van der Waals surface area contributed by atoms with Gasteiger partial charge in [-0.15, -0.1) is 0 Å². The lowest BCUT2D eigenvalue weighted by molar-refractivity contribution is 0.0314. The van der Waals surface area contributed by atoms with Gasteiger partial charge in [-0.05, 0) is 31.3 Å². The van der Waals surface area contributed by atoms with Crippen LogP contribution in [0.15, 0.2) is 0 Å². The minimum atomic E-state index is 0.527. The highest BCUT2D eigenvalue weighted by Crippen LogP contribution is 2.38. The summed E-state index contributed by atoms with van der Waals surface area (Å²) in [6.45, 7) is 13.5. The molecule has 114 valence electrons. The number of piperidine rings is 1. The minimum Gasteiger partial charge on any atom is -0.383 e. The molecule has 3 nitrogen and oxygen atoms in total. The molecule has 19 heavy (non-hydrogen) atoms. The van der Waals surface area contributed by atoms with Crippen LogP contribution >= 0.6 is 0 Å². The summed E-state index contributed by atoms with van der Waals surface area (Å²) in [5, 5.41) is 3.55. The second-order valence-electron chi connectivity index (χ2n) is 6.42. The van der Waals surface area contributed by atoms with E-state index in [1.165, 1.54) is 38.8 Å². The lowest BCUT2D eigenvalue weighted by atomic mass is 9.74. The number of methoxy groups -OCH3 is 1. The normalized spacial score (nSPS) is 21.8. The molecule has 1 rings (SSSR count). The summed E-state index contributed by atoms with van der Waals surface area (Å²) in [7, 11) is 1.81. The highest BCUT2D eigenvalue weighted by atomic mass is 16.5. The van der Waals surface area contributed by atoms with Crippen molar-refractivity contribution in [2.45, 2.75) is 65.5 Å². The van der Waals surface area contributed by atoms with E-state index < -0.39 is 0 Å². The van der Waals surface area contributed by atoms with E-state index in [4.69, 9.17) is 4.74 Å². The summed E-state index contributed by atoms with van der Waals surface area (Å²) in [6, 6.07) is 1.08. The van der Waals surface area contributed by atoms with Crippen molar-refractivity contribution in [2.24, 2.45) is 5.41 Å². The van der Waals surface area contributed by atoms with E-state index in [-0.39, 0.29) is 0 Å². The monoisotopic (exact) mass is 270 g/mol. The van der Waals surface area contributed by atoms with Crippen molar-refractivity contribution in [2.75, 3.05) is 33.4 Å². The van der Waals surface area contributed by atoms with Gasteiger partial charge in [0.2, 0.25) is 0 Å². The summed E-state index contributed by atoms with van der Waals surface area (Å²) in [5.74, 6) is 0. The number of nitrogens with zero attached hydrogens (tertiary/aromatic N) is 1. The molecule has 1 unspecified atom stereocenters. The Kier molecular flexibility index (Phi) is 7.33. The van der Waals surface area contributed by atoms with E-state index in [0.717, 1.165) is 13.2 Å². The Labute approximate surface area is 120 Å². The molecule has 0 aromatic carbocycles. The van der Waals surface area contributed by atoms with Crippen molar-refractivity contribution in [3.63, 3.8) is 0 Å². The molecule has 0 saturated carbocycles. The second-order valence-corrected chi connectivity index (χ2v) is 6.42. The maximum Gasteiger partial charge on any atom is 0.0630 e. The predicted molar refractivity (Wildman–Crippen MR) is 82.6 cm³/mol. The van der Waals surface area contributed by atoms with Gasteiger partial charge >= 0.3 is 0 Å². The van der Waals surface area contributed by atoms with Gasteiger partial charge in [-0.25, -0.2) is 0 Å². The van der Waals surface area contributed by atoms with Gasteiger partial charge in [-0.2, -0.15) is 0 Å². The van der Waals surface area contributed by atoms with Crippen molar-refractivity contribution < 1.29 is 4.74 Å². The first-order valence-electron chi connectivity index (χ1n) is 8.03.